The highest BCUT2D eigenvalue weighted by molar-refractivity contribution is 7.80. The van der Waals surface area contributed by atoms with Gasteiger partial charge in [-0.15, -0.1) is 5.10 Å². The van der Waals surface area contributed by atoms with Crippen molar-refractivity contribution in [2.75, 3.05) is 11.9 Å². The number of anilines is 1. The number of nitrogens with zero attached hydrogens (tertiary/aromatic N) is 2. The maximum atomic E-state index is 5.65. The molecular weight excluding hydrogens is 256 g/mol. The maximum absolute atomic E-state index is 5.65. The highest BCUT2D eigenvalue weighted by atomic mass is 32.1. The fourth-order valence-electron chi connectivity index (χ4n) is 1.87. The van der Waals surface area contributed by atoms with E-state index in [4.69, 9.17) is 18.0 Å². The molecule has 0 spiro atoms. The summed E-state index contributed by atoms with van der Waals surface area (Å²) in [5.41, 5.74) is 8.98. The zero-order chi connectivity index (χ0) is 13.7. The van der Waals surface area contributed by atoms with Gasteiger partial charge in [0.2, 0.25) is 0 Å². The minimum Gasteiger partial charge on any atom is -0.389 e. The smallest absolute Gasteiger partial charge is 0.158 e. The number of aryl methyl sites for hydroxylation is 1. The van der Waals surface area contributed by atoms with Crippen LogP contribution in [0.4, 0.5) is 5.82 Å². The van der Waals surface area contributed by atoms with Gasteiger partial charge >= 0.3 is 0 Å². The minimum absolute atomic E-state index is 0.327. The molecule has 0 radical (unpaired) electrons. The Morgan fingerprint density at radius 1 is 1.32 bits per heavy atom. The van der Waals surface area contributed by atoms with Gasteiger partial charge in [0.05, 0.1) is 11.8 Å². The number of benzene rings is 1. The van der Waals surface area contributed by atoms with Crippen LogP contribution in [0.1, 0.15) is 16.7 Å². The number of thiocarbonyl (C=S) groups is 1. The van der Waals surface area contributed by atoms with Crippen LogP contribution in [0.2, 0.25) is 0 Å². The maximum Gasteiger partial charge on any atom is 0.158 e. The van der Waals surface area contributed by atoms with E-state index in [-0.39, 0.29) is 0 Å². The molecule has 0 atom stereocenters. The van der Waals surface area contributed by atoms with E-state index in [0.717, 1.165) is 18.5 Å². The molecule has 0 amide bonds. The molecule has 0 aliphatic carbocycles. The Labute approximate surface area is 118 Å². The van der Waals surface area contributed by atoms with E-state index in [2.05, 4.69) is 34.6 Å². The van der Waals surface area contributed by atoms with Gasteiger partial charge in [-0.2, -0.15) is 5.10 Å². The summed E-state index contributed by atoms with van der Waals surface area (Å²) in [5.74, 6) is 0.642. The molecule has 0 bridgehead atoms. The standard InChI is InChI=1S/C14H16N4S/c1-10-4-2-3-5-11(10)6-8-16-14-12(13(15)19)7-9-17-18-14/h2-5,7,9H,6,8H2,1H3,(H2,15,19)(H,16,18). The molecule has 19 heavy (non-hydrogen) atoms. The molecule has 2 aromatic rings. The van der Waals surface area contributed by atoms with Gasteiger partial charge in [0.15, 0.2) is 5.82 Å². The van der Waals surface area contributed by atoms with E-state index < -0.39 is 0 Å². The minimum atomic E-state index is 0.327. The van der Waals surface area contributed by atoms with Crippen molar-refractivity contribution in [3.8, 4) is 0 Å². The highest BCUT2D eigenvalue weighted by Gasteiger charge is 2.06. The predicted molar refractivity (Wildman–Crippen MR) is 81.3 cm³/mol. The highest BCUT2D eigenvalue weighted by Crippen LogP contribution is 2.11. The lowest BCUT2D eigenvalue weighted by Crippen LogP contribution is -2.16. The van der Waals surface area contributed by atoms with Crippen molar-refractivity contribution in [1.82, 2.24) is 10.2 Å². The van der Waals surface area contributed by atoms with E-state index in [1.807, 2.05) is 12.1 Å². The number of hydrogen-bond donors (Lipinski definition) is 2. The second kappa shape index (κ2) is 6.24. The van der Waals surface area contributed by atoms with Crippen molar-refractivity contribution in [3.63, 3.8) is 0 Å². The Hall–Kier alpha value is -2.01. The number of nitrogens with one attached hydrogen (secondary N) is 1. The summed E-state index contributed by atoms with van der Waals surface area (Å²) in [6, 6.07) is 10.1. The van der Waals surface area contributed by atoms with Crippen LogP contribution in [0.25, 0.3) is 0 Å². The van der Waals surface area contributed by atoms with Crippen molar-refractivity contribution in [3.05, 3.63) is 53.2 Å². The molecule has 0 saturated carbocycles. The lowest BCUT2D eigenvalue weighted by molar-refractivity contribution is 0.958. The Morgan fingerprint density at radius 2 is 2.11 bits per heavy atom. The van der Waals surface area contributed by atoms with Crippen molar-refractivity contribution in [2.45, 2.75) is 13.3 Å². The molecule has 1 heterocycles. The largest absolute Gasteiger partial charge is 0.389 e. The van der Waals surface area contributed by atoms with Crippen LogP contribution in [-0.4, -0.2) is 21.7 Å². The summed E-state index contributed by atoms with van der Waals surface area (Å²) in [6.07, 6.45) is 2.50. The molecule has 5 heteroatoms. The summed E-state index contributed by atoms with van der Waals surface area (Å²) in [7, 11) is 0. The molecule has 98 valence electrons. The van der Waals surface area contributed by atoms with Gasteiger partial charge in [0.25, 0.3) is 0 Å². The van der Waals surface area contributed by atoms with Crippen molar-refractivity contribution in [1.29, 1.82) is 0 Å². The quantitative estimate of drug-likeness (QED) is 0.816. The van der Waals surface area contributed by atoms with Gasteiger partial charge in [0.1, 0.15) is 4.99 Å². The Balaban J connectivity index is 2.00. The fraction of sp³-hybridized carbons (Fsp3) is 0.214. The van der Waals surface area contributed by atoms with Crippen molar-refractivity contribution >= 4 is 23.0 Å². The van der Waals surface area contributed by atoms with Crippen molar-refractivity contribution < 1.29 is 0 Å². The molecule has 1 aromatic heterocycles. The first kappa shape index (κ1) is 13.4. The summed E-state index contributed by atoms with van der Waals surface area (Å²) in [4.78, 5) is 0.327. The Bertz CT molecular complexity index is 583. The summed E-state index contributed by atoms with van der Waals surface area (Å²) >= 11 is 4.98. The second-order valence-corrected chi connectivity index (χ2v) is 4.70. The Kier molecular flexibility index (Phi) is 4.41. The van der Waals surface area contributed by atoms with E-state index in [1.54, 1.807) is 12.3 Å². The number of rotatable bonds is 5. The number of aromatic nitrogens is 2. The molecule has 0 unspecified atom stereocenters. The van der Waals surface area contributed by atoms with E-state index in [0.29, 0.717) is 10.8 Å². The fourth-order valence-corrected chi connectivity index (χ4v) is 2.03. The average Bonchev–Trinajstić information content (AvgIpc) is 2.41. The first-order chi connectivity index (χ1) is 9.18. The van der Waals surface area contributed by atoms with Gasteiger partial charge in [0, 0.05) is 6.54 Å². The lowest BCUT2D eigenvalue weighted by Gasteiger charge is -2.10. The molecule has 0 aliphatic rings. The zero-order valence-corrected chi connectivity index (χ0v) is 11.6. The monoisotopic (exact) mass is 272 g/mol. The zero-order valence-electron chi connectivity index (χ0n) is 10.8. The molecule has 0 fully saturated rings. The van der Waals surface area contributed by atoms with Gasteiger partial charge in [-0.1, -0.05) is 36.5 Å². The van der Waals surface area contributed by atoms with Crippen LogP contribution in [-0.2, 0) is 6.42 Å². The van der Waals surface area contributed by atoms with E-state index in [1.165, 1.54) is 11.1 Å². The molecular formula is C14H16N4S. The first-order valence-electron chi connectivity index (χ1n) is 6.08. The molecule has 3 N–H and O–H groups in total. The molecule has 4 nitrogen and oxygen atoms in total. The second-order valence-electron chi connectivity index (χ2n) is 4.26. The average molecular weight is 272 g/mol. The summed E-state index contributed by atoms with van der Waals surface area (Å²) in [6.45, 7) is 2.87. The lowest BCUT2D eigenvalue weighted by atomic mass is 10.1. The van der Waals surface area contributed by atoms with Gasteiger partial charge in [-0.05, 0) is 30.5 Å². The van der Waals surface area contributed by atoms with Crippen LogP contribution < -0.4 is 11.1 Å². The van der Waals surface area contributed by atoms with Crippen molar-refractivity contribution in [2.24, 2.45) is 5.73 Å². The predicted octanol–water partition coefficient (Wildman–Crippen LogP) is 2.07. The normalized spacial score (nSPS) is 10.2. The van der Waals surface area contributed by atoms with Crippen LogP contribution in [0, 0.1) is 6.92 Å². The van der Waals surface area contributed by atoms with Gasteiger partial charge in [-0.25, -0.2) is 0 Å². The summed E-state index contributed by atoms with van der Waals surface area (Å²) < 4.78 is 0. The molecule has 0 saturated heterocycles. The van der Waals surface area contributed by atoms with E-state index in [9.17, 15) is 0 Å². The van der Waals surface area contributed by atoms with Gasteiger partial charge in [-0.3, -0.25) is 0 Å². The summed E-state index contributed by atoms with van der Waals surface area (Å²) in [5, 5.41) is 11.1. The SMILES string of the molecule is Cc1ccccc1CCNc1nnccc1C(N)=S. The third-order valence-corrected chi connectivity index (χ3v) is 3.15. The van der Waals surface area contributed by atoms with E-state index >= 15 is 0 Å². The molecule has 0 aliphatic heterocycles. The van der Waals surface area contributed by atoms with Gasteiger partial charge < -0.3 is 11.1 Å². The number of hydrogen-bond acceptors (Lipinski definition) is 4. The topological polar surface area (TPSA) is 63.8 Å². The van der Waals surface area contributed by atoms with Crippen LogP contribution in [0.5, 0.6) is 0 Å². The number of nitrogens with two attached hydrogens (primary N) is 1. The first-order valence-corrected chi connectivity index (χ1v) is 6.49. The van der Waals surface area contributed by atoms with Crippen LogP contribution >= 0.6 is 12.2 Å². The van der Waals surface area contributed by atoms with Crippen LogP contribution in [0.3, 0.4) is 0 Å². The third kappa shape index (κ3) is 3.48. The molecule has 2 rings (SSSR count). The molecule has 1 aromatic carbocycles. The van der Waals surface area contributed by atoms with Crippen LogP contribution in [0.15, 0.2) is 36.5 Å². The third-order valence-electron chi connectivity index (χ3n) is 2.93. The Morgan fingerprint density at radius 3 is 2.84 bits per heavy atom.